The highest BCUT2D eigenvalue weighted by molar-refractivity contribution is 5.97. The maximum Gasteiger partial charge on any atom is 0.251 e. The lowest BCUT2D eigenvalue weighted by atomic mass is 10.1. The van der Waals surface area contributed by atoms with Gasteiger partial charge in [-0.1, -0.05) is 24.3 Å². The zero-order chi connectivity index (χ0) is 19.8. The van der Waals surface area contributed by atoms with E-state index in [2.05, 4.69) is 15.6 Å². The van der Waals surface area contributed by atoms with Crippen LogP contribution in [0.4, 0.5) is 5.69 Å². The van der Waals surface area contributed by atoms with Crippen LogP contribution in [-0.4, -0.2) is 28.5 Å². The fourth-order valence-electron chi connectivity index (χ4n) is 2.74. The predicted molar refractivity (Wildman–Crippen MR) is 106 cm³/mol. The normalized spacial score (nSPS) is 10.3. The molecule has 0 saturated heterocycles. The maximum absolute atomic E-state index is 12.5. The summed E-state index contributed by atoms with van der Waals surface area (Å²) in [5.41, 5.74) is 1.95. The zero-order valence-electron chi connectivity index (χ0n) is 15.6. The number of amides is 2. The molecule has 28 heavy (non-hydrogen) atoms. The third-order valence-corrected chi connectivity index (χ3v) is 4.20. The average molecular weight is 378 g/mol. The van der Waals surface area contributed by atoms with Crippen molar-refractivity contribution in [1.82, 2.24) is 14.9 Å². The van der Waals surface area contributed by atoms with Crippen molar-refractivity contribution < 1.29 is 14.3 Å². The van der Waals surface area contributed by atoms with Gasteiger partial charge in [0.25, 0.3) is 5.91 Å². The van der Waals surface area contributed by atoms with Gasteiger partial charge in [-0.15, -0.1) is 0 Å². The second-order valence-electron chi connectivity index (χ2n) is 6.17. The number of benzene rings is 2. The van der Waals surface area contributed by atoms with Gasteiger partial charge in [-0.3, -0.25) is 9.59 Å². The molecule has 0 saturated carbocycles. The smallest absolute Gasteiger partial charge is 0.251 e. The van der Waals surface area contributed by atoms with E-state index in [0.717, 1.165) is 11.3 Å². The molecule has 0 bridgehead atoms. The molecule has 0 aliphatic carbocycles. The fraction of sp³-hybridized carbons (Fsp3) is 0.190. The second-order valence-corrected chi connectivity index (χ2v) is 6.17. The molecule has 0 spiro atoms. The molecule has 0 aliphatic rings. The average Bonchev–Trinajstić information content (AvgIpc) is 3.24. The minimum atomic E-state index is -0.222. The van der Waals surface area contributed by atoms with Gasteiger partial charge in [0.05, 0.1) is 13.4 Å². The second kappa shape index (κ2) is 9.36. The highest BCUT2D eigenvalue weighted by Gasteiger charge is 2.09. The lowest BCUT2D eigenvalue weighted by Gasteiger charge is -2.11. The van der Waals surface area contributed by atoms with Gasteiger partial charge in [0.15, 0.2) is 0 Å². The Morgan fingerprint density at radius 1 is 1.14 bits per heavy atom. The van der Waals surface area contributed by atoms with E-state index >= 15 is 0 Å². The fourth-order valence-corrected chi connectivity index (χ4v) is 2.74. The Morgan fingerprint density at radius 3 is 2.79 bits per heavy atom. The molecule has 0 fully saturated rings. The van der Waals surface area contributed by atoms with Crippen LogP contribution in [0.3, 0.4) is 0 Å². The molecule has 0 atom stereocenters. The van der Waals surface area contributed by atoms with Gasteiger partial charge in [-0.05, 0) is 24.3 Å². The van der Waals surface area contributed by atoms with Crippen molar-refractivity contribution in [2.75, 3.05) is 12.4 Å². The van der Waals surface area contributed by atoms with E-state index in [0.29, 0.717) is 30.8 Å². The van der Waals surface area contributed by atoms with E-state index in [1.807, 2.05) is 28.8 Å². The number of carbonyl (C=O) groups excluding carboxylic acids is 2. The molecule has 7 heteroatoms. The lowest BCUT2D eigenvalue weighted by molar-refractivity contribution is -0.116. The molecule has 0 unspecified atom stereocenters. The molecule has 2 aromatic carbocycles. The van der Waals surface area contributed by atoms with E-state index in [4.69, 9.17) is 4.74 Å². The Balaban J connectivity index is 1.56. The Morgan fingerprint density at radius 2 is 2.00 bits per heavy atom. The first-order chi connectivity index (χ1) is 13.7. The van der Waals surface area contributed by atoms with Crippen molar-refractivity contribution in [3.8, 4) is 5.75 Å². The first-order valence-corrected chi connectivity index (χ1v) is 8.91. The van der Waals surface area contributed by atoms with Gasteiger partial charge in [0.1, 0.15) is 5.75 Å². The molecule has 1 heterocycles. The number of anilines is 1. The molecule has 0 aliphatic heterocycles. The summed E-state index contributed by atoms with van der Waals surface area (Å²) in [6, 6.07) is 14.4. The summed E-state index contributed by atoms with van der Waals surface area (Å²) < 4.78 is 7.13. The molecule has 0 radical (unpaired) electrons. The largest absolute Gasteiger partial charge is 0.496 e. The number of aromatic nitrogens is 2. The SMILES string of the molecule is COc1ccccc1CNC(=O)c1cccc(NC(=O)CCn2ccnc2)c1. The van der Waals surface area contributed by atoms with Crippen LogP contribution in [0, 0.1) is 0 Å². The monoisotopic (exact) mass is 378 g/mol. The van der Waals surface area contributed by atoms with Crippen LogP contribution in [0.15, 0.2) is 67.3 Å². The molecular weight excluding hydrogens is 356 g/mol. The van der Waals surface area contributed by atoms with Gasteiger partial charge in [0.2, 0.25) is 5.91 Å². The number of hydrogen-bond acceptors (Lipinski definition) is 4. The summed E-state index contributed by atoms with van der Waals surface area (Å²) in [4.78, 5) is 28.5. The van der Waals surface area contributed by atoms with Gasteiger partial charge in [0, 0.05) is 48.7 Å². The van der Waals surface area contributed by atoms with Crippen LogP contribution >= 0.6 is 0 Å². The first kappa shape index (κ1) is 19.2. The summed E-state index contributed by atoms with van der Waals surface area (Å²) in [6.45, 7) is 0.898. The van der Waals surface area contributed by atoms with E-state index < -0.39 is 0 Å². The summed E-state index contributed by atoms with van der Waals surface area (Å²) in [7, 11) is 1.60. The number of ether oxygens (including phenoxy) is 1. The summed E-state index contributed by atoms with van der Waals surface area (Å²) in [6.07, 6.45) is 5.46. The summed E-state index contributed by atoms with van der Waals surface area (Å²) in [5, 5.41) is 5.69. The van der Waals surface area contributed by atoms with E-state index in [-0.39, 0.29) is 11.8 Å². The predicted octanol–water partition coefficient (Wildman–Crippen LogP) is 2.85. The highest BCUT2D eigenvalue weighted by atomic mass is 16.5. The number of nitrogens with one attached hydrogen (secondary N) is 2. The van der Waals surface area contributed by atoms with Crippen LogP contribution in [0.1, 0.15) is 22.3 Å². The quantitative estimate of drug-likeness (QED) is 0.631. The number of rotatable bonds is 8. The van der Waals surface area contributed by atoms with E-state index in [1.165, 1.54) is 0 Å². The lowest BCUT2D eigenvalue weighted by Crippen LogP contribution is -2.23. The van der Waals surface area contributed by atoms with Crippen molar-refractivity contribution >= 4 is 17.5 Å². The van der Waals surface area contributed by atoms with Crippen LogP contribution in [-0.2, 0) is 17.9 Å². The first-order valence-electron chi connectivity index (χ1n) is 8.91. The Labute approximate surface area is 163 Å². The van der Waals surface area contributed by atoms with Crippen molar-refractivity contribution in [3.63, 3.8) is 0 Å². The van der Waals surface area contributed by atoms with Crippen molar-refractivity contribution in [2.24, 2.45) is 0 Å². The van der Waals surface area contributed by atoms with E-state index in [1.54, 1.807) is 50.1 Å². The van der Waals surface area contributed by atoms with Crippen LogP contribution < -0.4 is 15.4 Å². The number of methoxy groups -OCH3 is 1. The Bertz CT molecular complexity index is 938. The van der Waals surface area contributed by atoms with E-state index in [9.17, 15) is 9.59 Å². The van der Waals surface area contributed by atoms with Crippen molar-refractivity contribution in [3.05, 3.63) is 78.4 Å². The third-order valence-electron chi connectivity index (χ3n) is 4.20. The number of para-hydroxylation sites is 1. The highest BCUT2D eigenvalue weighted by Crippen LogP contribution is 2.17. The molecule has 2 N–H and O–H groups in total. The summed E-state index contributed by atoms with van der Waals surface area (Å²) >= 11 is 0. The molecule has 7 nitrogen and oxygen atoms in total. The van der Waals surface area contributed by atoms with Crippen molar-refractivity contribution in [2.45, 2.75) is 19.5 Å². The number of imidazole rings is 1. The Kier molecular flexibility index (Phi) is 6.41. The maximum atomic E-state index is 12.5. The topological polar surface area (TPSA) is 85.3 Å². The number of carbonyl (C=O) groups is 2. The number of aryl methyl sites for hydroxylation is 1. The molecule has 1 aromatic heterocycles. The van der Waals surface area contributed by atoms with Crippen LogP contribution in [0.5, 0.6) is 5.75 Å². The van der Waals surface area contributed by atoms with Gasteiger partial charge < -0.3 is 19.9 Å². The minimum absolute atomic E-state index is 0.125. The Hall–Kier alpha value is -3.61. The minimum Gasteiger partial charge on any atom is -0.496 e. The molecule has 2 amide bonds. The molecular formula is C21H22N4O3. The van der Waals surface area contributed by atoms with Gasteiger partial charge in [-0.2, -0.15) is 0 Å². The summed E-state index contributed by atoms with van der Waals surface area (Å²) in [5.74, 6) is 0.377. The van der Waals surface area contributed by atoms with Gasteiger partial charge in [-0.25, -0.2) is 4.98 Å². The zero-order valence-corrected chi connectivity index (χ0v) is 15.6. The molecule has 144 valence electrons. The molecule has 3 rings (SSSR count). The standard InChI is InChI=1S/C21H22N4O3/c1-28-19-8-3-2-5-17(19)14-23-21(27)16-6-4-7-18(13-16)24-20(26)9-11-25-12-10-22-15-25/h2-8,10,12-13,15H,9,11,14H2,1H3,(H,23,27)(H,24,26). The van der Waals surface area contributed by atoms with Gasteiger partial charge >= 0.3 is 0 Å². The van der Waals surface area contributed by atoms with Crippen LogP contribution in [0.2, 0.25) is 0 Å². The van der Waals surface area contributed by atoms with Crippen LogP contribution in [0.25, 0.3) is 0 Å². The number of hydrogen-bond donors (Lipinski definition) is 2. The third kappa shape index (κ3) is 5.20. The van der Waals surface area contributed by atoms with Crippen molar-refractivity contribution in [1.29, 1.82) is 0 Å². The number of nitrogens with zero attached hydrogens (tertiary/aromatic N) is 2. The molecule has 3 aromatic rings.